The number of carbonyl (C=O) groups is 1. The molecule has 0 spiro atoms. The van der Waals surface area contributed by atoms with E-state index < -0.39 is 11.6 Å². The molecule has 0 atom stereocenters. The first kappa shape index (κ1) is 14.5. The van der Waals surface area contributed by atoms with Gasteiger partial charge in [-0.2, -0.15) is 0 Å². The molecule has 1 aliphatic carbocycles. The Morgan fingerprint density at radius 3 is 2.32 bits per heavy atom. The van der Waals surface area contributed by atoms with E-state index >= 15 is 0 Å². The maximum absolute atomic E-state index is 11.1. The van der Waals surface area contributed by atoms with Crippen molar-refractivity contribution in [2.45, 2.75) is 52.1 Å². The van der Waals surface area contributed by atoms with E-state index in [1.54, 1.807) is 14.0 Å². The minimum atomic E-state index is -0.956. The van der Waals surface area contributed by atoms with Gasteiger partial charge in [-0.05, 0) is 38.0 Å². The number of rotatable bonds is 3. The fourth-order valence-electron chi connectivity index (χ4n) is 2.63. The van der Waals surface area contributed by atoms with Gasteiger partial charge in [-0.1, -0.05) is 13.8 Å². The highest BCUT2D eigenvalue weighted by molar-refractivity contribution is 7.12. The zero-order valence-electron chi connectivity index (χ0n) is 11.9. The van der Waals surface area contributed by atoms with Crippen LogP contribution in [0.4, 0.5) is 0 Å². The maximum Gasteiger partial charge on any atom is 0.355 e. The number of hydrogen-bond acceptors (Lipinski definition) is 4. The first-order valence-corrected chi connectivity index (χ1v) is 7.38. The highest BCUT2D eigenvalue weighted by Gasteiger charge is 2.42. The van der Waals surface area contributed by atoms with E-state index in [4.69, 9.17) is 9.84 Å². The van der Waals surface area contributed by atoms with Crippen molar-refractivity contribution in [2.24, 2.45) is 5.41 Å². The lowest BCUT2D eigenvalue weighted by atomic mass is 9.71. The SMILES string of the molecule is COC1(c2nc(C(=O)O)c(C)s2)CCC(C)(C)CC1. The summed E-state index contributed by atoms with van der Waals surface area (Å²) in [4.78, 5) is 16.2. The van der Waals surface area contributed by atoms with Gasteiger partial charge in [0.1, 0.15) is 10.6 Å². The lowest BCUT2D eigenvalue weighted by molar-refractivity contribution is -0.0668. The Morgan fingerprint density at radius 1 is 1.32 bits per heavy atom. The second kappa shape index (κ2) is 4.87. The fraction of sp³-hybridized carbons (Fsp3) is 0.714. The summed E-state index contributed by atoms with van der Waals surface area (Å²) in [6.45, 7) is 6.34. The third-order valence-corrected chi connectivity index (χ3v) is 5.35. The molecular formula is C14H21NO3S. The molecule has 1 heterocycles. The highest BCUT2D eigenvalue weighted by atomic mass is 32.1. The van der Waals surface area contributed by atoms with Crippen LogP contribution < -0.4 is 0 Å². The second-order valence-electron chi connectivity index (χ2n) is 6.09. The van der Waals surface area contributed by atoms with Gasteiger partial charge < -0.3 is 9.84 Å². The molecule has 19 heavy (non-hydrogen) atoms. The average molecular weight is 283 g/mol. The van der Waals surface area contributed by atoms with Crippen LogP contribution in [0.3, 0.4) is 0 Å². The van der Waals surface area contributed by atoms with Crippen molar-refractivity contribution in [2.75, 3.05) is 7.11 Å². The zero-order valence-corrected chi connectivity index (χ0v) is 12.8. The molecule has 0 amide bonds. The number of thiazole rings is 1. The summed E-state index contributed by atoms with van der Waals surface area (Å²) < 4.78 is 5.76. The van der Waals surface area contributed by atoms with Crippen LogP contribution in [0, 0.1) is 12.3 Å². The molecule has 5 heteroatoms. The van der Waals surface area contributed by atoms with Crippen molar-refractivity contribution in [3.05, 3.63) is 15.6 Å². The van der Waals surface area contributed by atoms with Gasteiger partial charge in [0.05, 0.1) is 0 Å². The van der Waals surface area contributed by atoms with Gasteiger partial charge in [-0.3, -0.25) is 0 Å². The standard InChI is InChI=1S/C14H21NO3S/c1-9-10(11(16)17)15-12(19-9)14(18-4)7-5-13(2,3)6-8-14/h5-8H2,1-4H3,(H,16,17). The van der Waals surface area contributed by atoms with E-state index in [9.17, 15) is 4.79 Å². The van der Waals surface area contributed by atoms with Crippen LogP contribution in [0.5, 0.6) is 0 Å². The van der Waals surface area contributed by atoms with Crippen molar-refractivity contribution in [1.29, 1.82) is 0 Å². The van der Waals surface area contributed by atoms with Gasteiger partial charge in [0.25, 0.3) is 0 Å². The van der Waals surface area contributed by atoms with E-state index in [-0.39, 0.29) is 5.69 Å². The topological polar surface area (TPSA) is 59.4 Å². The molecule has 1 saturated carbocycles. The summed E-state index contributed by atoms with van der Waals surface area (Å²) in [7, 11) is 1.70. The largest absolute Gasteiger partial charge is 0.476 e. The van der Waals surface area contributed by atoms with Crippen molar-refractivity contribution in [1.82, 2.24) is 4.98 Å². The molecule has 1 aliphatic rings. The summed E-state index contributed by atoms with van der Waals surface area (Å²) in [5.41, 5.74) is 0.115. The van der Waals surface area contributed by atoms with Gasteiger partial charge in [0, 0.05) is 12.0 Å². The van der Waals surface area contributed by atoms with E-state index in [1.165, 1.54) is 11.3 Å². The van der Waals surface area contributed by atoms with E-state index in [1.807, 2.05) is 0 Å². The molecule has 106 valence electrons. The molecule has 0 aromatic carbocycles. The monoisotopic (exact) mass is 283 g/mol. The van der Waals surface area contributed by atoms with Crippen LogP contribution in [-0.2, 0) is 10.3 Å². The second-order valence-corrected chi connectivity index (χ2v) is 7.29. The molecule has 2 rings (SSSR count). The van der Waals surface area contributed by atoms with Gasteiger partial charge in [-0.25, -0.2) is 9.78 Å². The number of carboxylic acid groups (broad SMARTS) is 1. The molecule has 0 bridgehead atoms. The summed E-state index contributed by atoms with van der Waals surface area (Å²) in [6.07, 6.45) is 3.95. The third kappa shape index (κ3) is 2.67. The van der Waals surface area contributed by atoms with Crippen LogP contribution in [0.15, 0.2) is 0 Å². The summed E-state index contributed by atoms with van der Waals surface area (Å²) >= 11 is 1.46. The predicted octanol–water partition coefficient (Wildman–Crippen LogP) is 3.59. The number of methoxy groups -OCH3 is 1. The molecule has 1 fully saturated rings. The quantitative estimate of drug-likeness (QED) is 0.921. The predicted molar refractivity (Wildman–Crippen MR) is 74.7 cm³/mol. The highest BCUT2D eigenvalue weighted by Crippen LogP contribution is 2.48. The Bertz CT molecular complexity index is 483. The molecule has 1 aromatic heterocycles. The molecule has 1 aromatic rings. The number of aromatic nitrogens is 1. The number of ether oxygens (including phenoxy) is 1. The molecule has 0 saturated heterocycles. The molecule has 1 N–H and O–H groups in total. The number of aromatic carboxylic acids is 1. The molecule has 0 radical (unpaired) electrons. The Labute approximate surface area is 117 Å². The number of nitrogens with zero attached hydrogens (tertiary/aromatic N) is 1. The molecular weight excluding hydrogens is 262 g/mol. The molecule has 0 unspecified atom stereocenters. The first-order valence-electron chi connectivity index (χ1n) is 6.56. The van der Waals surface area contributed by atoms with Crippen molar-refractivity contribution >= 4 is 17.3 Å². The van der Waals surface area contributed by atoms with Crippen molar-refractivity contribution in [3.63, 3.8) is 0 Å². The van der Waals surface area contributed by atoms with Crippen molar-refractivity contribution in [3.8, 4) is 0 Å². The van der Waals surface area contributed by atoms with Crippen LogP contribution >= 0.6 is 11.3 Å². The summed E-state index contributed by atoms with van der Waals surface area (Å²) in [6, 6.07) is 0. The minimum Gasteiger partial charge on any atom is -0.476 e. The molecule has 0 aliphatic heterocycles. The number of carboxylic acids is 1. The lowest BCUT2D eigenvalue weighted by Gasteiger charge is -2.41. The van der Waals surface area contributed by atoms with Crippen molar-refractivity contribution < 1.29 is 14.6 Å². The Balaban J connectivity index is 2.32. The van der Waals surface area contributed by atoms with Gasteiger partial charge in [0.15, 0.2) is 5.69 Å². The average Bonchev–Trinajstić information content (AvgIpc) is 2.73. The Morgan fingerprint density at radius 2 is 1.89 bits per heavy atom. The third-order valence-electron chi connectivity index (χ3n) is 4.19. The lowest BCUT2D eigenvalue weighted by Crippen LogP contribution is -2.36. The summed E-state index contributed by atoms with van der Waals surface area (Å²) in [5.74, 6) is -0.956. The minimum absolute atomic E-state index is 0.168. The van der Waals surface area contributed by atoms with E-state index in [0.29, 0.717) is 5.41 Å². The number of aryl methyl sites for hydroxylation is 1. The normalized spacial score (nSPS) is 21.3. The van der Waals surface area contributed by atoms with Gasteiger partial charge in [0.2, 0.25) is 0 Å². The van der Waals surface area contributed by atoms with Crippen LogP contribution in [0.1, 0.15) is 59.9 Å². The van der Waals surface area contributed by atoms with E-state index in [0.717, 1.165) is 35.6 Å². The summed E-state index contributed by atoms with van der Waals surface area (Å²) in [5, 5.41) is 9.94. The first-order chi connectivity index (χ1) is 8.80. The van der Waals surface area contributed by atoms with Crippen LogP contribution in [0.2, 0.25) is 0 Å². The molecule has 4 nitrogen and oxygen atoms in total. The Kier molecular flexibility index (Phi) is 3.71. The van der Waals surface area contributed by atoms with Crippen LogP contribution in [0.25, 0.3) is 0 Å². The zero-order chi connectivity index (χ0) is 14.3. The fourth-order valence-corrected chi connectivity index (χ4v) is 3.76. The maximum atomic E-state index is 11.1. The van der Waals surface area contributed by atoms with Crippen LogP contribution in [-0.4, -0.2) is 23.2 Å². The smallest absolute Gasteiger partial charge is 0.355 e. The van der Waals surface area contributed by atoms with Gasteiger partial charge >= 0.3 is 5.97 Å². The van der Waals surface area contributed by atoms with E-state index in [2.05, 4.69) is 18.8 Å². The van der Waals surface area contributed by atoms with Gasteiger partial charge in [-0.15, -0.1) is 11.3 Å². The Hall–Kier alpha value is -0.940. The number of hydrogen-bond donors (Lipinski definition) is 1.